The zero-order valence-corrected chi connectivity index (χ0v) is 15.9. The number of nitrogen functional groups attached to an aromatic ring is 1. The Morgan fingerprint density at radius 3 is 2.46 bits per heavy atom. The summed E-state index contributed by atoms with van der Waals surface area (Å²) in [6.45, 7) is 3.92. The van der Waals surface area contributed by atoms with Gasteiger partial charge in [-0.1, -0.05) is 19.1 Å². The number of benzene rings is 1. The van der Waals surface area contributed by atoms with Crippen molar-refractivity contribution in [3.05, 3.63) is 58.3 Å². The highest BCUT2D eigenvalue weighted by atomic mass is 35.5. The standard InChI is InChI=1S/C18H18ClF3N6/c1-3-12-8-14(18(20,21)22)27-28(12)13-6-4-11(5-7-13)9-24-16-15(23)10(2)25-17(19)26-16/h4-8H,3,9,23H2,1-2H3,(H,24,25,26). The number of nitrogens with two attached hydrogens (primary N) is 1. The van der Waals surface area contributed by atoms with Crippen LogP contribution in [0.25, 0.3) is 5.69 Å². The van der Waals surface area contributed by atoms with E-state index in [9.17, 15) is 13.2 Å². The van der Waals surface area contributed by atoms with Gasteiger partial charge in [0.1, 0.15) is 0 Å². The van der Waals surface area contributed by atoms with Crippen molar-refractivity contribution in [1.82, 2.24) is 19.7 Å². The number of alkyl halides is 3. The maximum Gasteiger partial charge on any atom is 0.435 e. The SMILES string of the molecule is CCc1cc(C(F)(F)F)nn1-c1ccc(CNc2nc(Cl)nc(C)c2N)cc1. The van der Waals surface area contributed by atoms with Crippen molar-refractivity contribution in [2.75, 3.05) is 11.1 Å². The molecule has 0 radical (unpaired) electrons. The van der Waals surface area contributed by atoms with E-state index in [1.807, 2.05) is 0 Å². The zero-order valence-electron chi connectivity index (χ0n) is 15.2. The van der Waals surface area contributed by atoms with Crippen LogP contribution in [-0.2, 0) is 19.1 Å². The van der Waals surface area contributed by atoms with Crippen molar-refractivity contribution < 1.29 is 13.2 Å². The van der Waals surface area contributed by atoms with Gasteiger partial charge in [0, 0.05) is 12.2 Å². The van der Waals surface area contributed by atoms with E-state index in [0.717, 1.165) is 11.6 Å². The number of halogens is 4. The highest BCUT2D eigenvalue weighted by molar-refractivity contribution is 6.28. The summed E-state index contributed by atoms with van der Waals surface area (Å²) in [4.78, 5) is 8.03. The Bertz CT molecular complexity index is 982. The lowest BCUT2D eigenvalue weighted by atomic mass is 10.2. The summed E-state index contributed by atoms with van der Waals surface area (Å²) in [6.07, 6.45) is -4.05. The fourth-order valence-corrected chi connectivity index (χ4v) is 2.87. The van der Waals surface area contributed by atoms with E-state index in [-0.39, 0.29) is 5.28 Å². The van der Waals surface area contributed by atoms with Crippen LogP contribution in [0.3, 0.4) is 0 Å². The van der Waals surface area contributed by atoms with E-state index in [1.165, 1.54) is 4.68 Å². The minimum atomic E-state index is -4.48. The first-order chi connectivity index (χ1) is 13.2. The molecule has 2 heterocycles. The highest BCUT2D eigenvalue weighted by Crippen LogP contribution is 2.30. The maximum atomic E-state index is 12.9. The molecule has 148 valence electrons. The van der Waals surface area contributed by atoms with Gasteiger partial charge in [-0.25, -0.2) is 9.67 Å². The summed E-state index contributed by atoms with van der Waals surface area (Å²) in [5.74, 6) is 0.428. The molecule has 2 aromatic heterocycles. The third-order valence-electron chi connectivity index (χ3n) is 4.19. The molecule has 0 atom stereocenters. The molecular formula is C18H18ClF3N6. The molecule has 0 aliphatic heterocycles. The lowest BCUT2D eigenvalue weighted by Crippen LogP contribution is -2.08. The van der Waals surface area contributed by atoms with Gasteiger partial charge in [0.05, 0.1) is 17.1 Å². The Morgan fingerprint density at radius 1 is 1.18 bits per heavy atom. The monoisotopic (exact) mass is 410 g/mol. The molecule has 1 aromatic carbocycles. The predicted molar refractivity (Wildman–Crippen MR) is 101 cm³/mol. The Morgan fingerprint density at radius 2 is 1.86 bits per heavy atom. The number of nitrogens with one attached hydrogen (secondary N) is 1. The predicted octanol–water partition coefficient (Wildman–Crippen LogP) is 4.40. The summed E-state index contributed by atoms with van der Waals surface area (Å²) in [6, 6.07) is 8.08. The quantitative estimate of drug-likeness (QED) is 0.609. The molecule has 3 aromatic rings. The van der Waals surface area contributed by atoms with Crippen molar-refractivity contribution in [3.63, 3.8) is 0 Å². The molecule has 10 heteroatoms. The molecule has 0 aliphatic rings. The summed E-state index contributed by atoms with van der Waals surface area (Å²) in [5.41, 5.74) is 7.94. The Balaban J connectivity index is 1.78. The van der Waals surface area contributed by atoms with Gasteiger partial charge in [-0.3, -0.25) is 0 Å². The van der Waals surface area contributed by atoms with E-state index in [1.54, 1.807) is 38.1 Å². The Hall–Kier alpha value is -2.81. The van der Waals surface area contributed by atoms with Gasteiger partial charge in [-0.2, -0.15) is 23.3 Å². The van der Waals surface area contributed by atoms with Gasteiger partial charge in [-0.05, 0) is 48.7 Å². The normalized spacial score (nSPS) is 11.6. The van der Waals surface area contributed by atoms with E-state index >= 15 is 0 Å². The minimum Gasteiger partial charge on any atom is -0.394 e. The molecule has 0 aliphatic carbocycles. The van der Waals surface area contributed by atoms with Gasteiger partial charge in [0.15, 0.2) is 11.5 Å². The second-order valence-electron chi connectivity index (χ2n) is 6.14. The van der Waals surface area contributed by atoms with Crippen LogP contribution >= 0.6 is 11.6 Å². The maximum absolute atomic E-state index is 12.9. The third-order valence-corrected chi connectivity index (χ3v) is 4.35. The second-order valence-corrected chi connectivity index (χ2v) is 6.48. The first-order valence-corrected chi connectivity index (χ1v) is 8.85. The average molecular weight is 411 g/mol. The van der Waals surface area contributed by atoms with Crippen LogP contribution in [0.1, 0.15) is 29.6 Å². The van der Waals surface area contributed by atoms with Gasteiger partial charge >= 0.3 is 6.18 Å². The number of hydrogen-bond donors (Lipinski definition) is 2. The van der Waals surface area contributed by atoms with Crippen LogP contribution in [0.2, 0.25) is 5.28 Å². The van der Waals surface area contributed by atoms with Crippen LogP contribution < -0.4 is 11.1 Å². The molecule has 3 N–H and O–H groups in total. The van der Waals surface area contributed by atoms with Crippen molar-refractivity contribution >= 4 is 23.1 Å². The van der Waals surface area contributed by atoms with E-state index in [4.69, 9.17) is 17.3 Å². The lowest BCUT2D eigenvalue weighted by molar-refractivity contribution is -0.141. The van der Waals surface area contributed by atoms with Crippen molar-refractivity contribution in [2.45, 2.75) is 33.0 Å². The van der Waals surface area contributed by atoms with E-state index in [2.05, 4.69) is 20.4 Å². The van der Waals surface area contributed by atoms with Crippen LogP contribution in [0, 0.1) is 6.92 Å². The number of nitrogens with zero attached hydrogens (tertiary/aromatic N) is 4. The second kappa shape index (κ2) is 7.67. The first-order valence-electron chi connectivity index (χ1n) is 8.48. The third kappa shape index (κ3) is 4.19. The van der Waals surface area contributed by atoms with Crippen LogP contribution in [-0.4, -0.2) is 19.7 Å². The molecule has 0 saturated carbocycles. The van der Waals surface area contributed by atoms with Crippen LogP contribution in [0.4, 0.5) is 24.7 Å². The van der Waals surface area contributed by atoms with Gasteiger partial charge in [-0.15, -0.1) is 0 Å². The number of hydrogen-bond acceptors (Lipinski definition) is 5. The molecule has 0 saturated heterocycles. The van der Waals surface area contributed by atoms with Gasteiger partial charge in [0.25, 0.3) is 0 Å². The smallest absolute Gasteiger partial charge is 0.394 e. The molecule has 28 heavy (non-hydrogen) atoms. The number of anilines is 2. The first kappa shape index (κ1) is 19.9. The minimum absolute atomic E-state index is 0.0933. The summed E-state index contributed by atoms with van der Waals surface area (Å²) in [7, 11) is 0. The van der Waals surface area contributed by atoms with Crippen molar-refractivity contribution in [3.8, 4) is 5.69 Å². The number of aromatic nitrogens is 4. The molecule has 6 nitrogen and oxygen atoms in total. The summed E-state index contributed by atoms with van der Waals surface area (Å²) in [5, 5.41) is 6.88. The largest absolute Gasteiger partial charge is 0.435 e. The molecular weight excluding hydrogens is 393 g/mol. The van der Waals surface area contributed by atoms with Gasteiger partial charge < -0.3 is 11.1 Å². The molecule has 0 spiro atoms. The molecule has 0 fully saturated rings. The Labute approximate surface area is 164 Å². The van der Waals surface area contributed by atoms with Crippen molar-refractivity contribution in [2.24, 2.45) is 0 Å². The average Bonchev–Trinajstić information content (AvgIpc) is 3.09. The number of aryl methyl sites for hydroxylation is 2. The lowest BCUT2D eigenvalue weighted by Gasteiger charge is -2.11. The Kier molecular flexibility index (Phi) is 5.46. The molecule has 3 rings (SSSR count). The molecule has 0 unspecified atom stereocenters. The van der Waals surface area contributed by atoms with E-state index in [0.29, 0.717) is 41.5 Å². The fraction of sp³-hybridized carbons (Fsp3) is 0.278. The topological polar surface area (TPSA) is 81.7 Å². The fourth-order valence-electron chi connectivity index (χ4n) is 2.66. The van der Waals surface area contributed by atoms with Crippen LogP contribution in [0.5, 0.6) is 0 Å². The molecule has 0 amide bonds. The number of rotatable bonds is 5. The summed E-state index contributed by atoms with van der Waals surface area (Å²) >= 11 is 5.85. The summed E-state index contributed by atoms with van der Waals surface area (Å²) < 4.78 is 40.1. The van der Waals surface area contributed by atoms with Crippen LogP contribution in [0.15, 0.2) is 30.3 Å². The molecule has 0 bridgehead atoms. The van der Waals surface area contributed by atoms with Crippen molar-refractivity contribution in [1.29, 1.82) is 0 Å². The zero-order chi connectivity index (χ0) is 20.5. The van der Waals surface area contributed by atoms with Gasteiger partial charge in [0.2, 0.25) is 5.28 Å². The van der Waals surface area contributed by atoms with E-state index < -0.39 is 11.9 Å². The highest BCUT2D eigenvalue weighted by Gasteiger charge is 2.34.